The zero-order chi connectivity index (χ0) is 14.5. The molecular weight excluding hydrogens is 248 g/mol. The largest absolute Gasteiger partial charge is 0.484 e. The van der Waals surface area contributed by atoms with Crippen molar-refractivity contribution in [2.45, 2.75) is 19.1 Å². The lowest BCUT2D eigenvalue weighted by Gasteiger charge is -2.30. The Morgan fingerprint density at radius 3 is 2.10 bits per heavy atom. The molecular formula is C17H22N2O. The molecule has 3 nitrogen and oxygen atoms in total. The van der Waals surface area contributed by atoms with Gasteiger partial charge in [-0.1, -0.05) is 30.3 Å². The molecule has 0 fully saturated rings. The minimum Gasteiger partial charge on any atom is -0.484 e. The molecule has 3 heteroatoms. The Labute approximate surface area is 121 Å². The number of hydrogen-bond donors (Lipinski definition) is 1. The Morgan fingerprint density at radius 1 is 0.950 bits per heavy atom. The van der Waals surface area contributed by atoms with Gasteiger partial charge in [0.2, 0.25) is 0 Å². The molecule has 2 aromatic rings. The van der Waals surface area contributed by atoms with Crippen LogP contribution in [0.4, 0.5) is 5.69 Å². The van der Waals surface area contributed by atoms with E-state index in [0.717, 1.165) is 11.4 Å². The van der Waals surface area contributed by atoms with Gasteiger partial charge < -0.3 is 15.4 Å². The summed E-state index contributed by atoms with van der Waals surface area (Å²) in [5.74, 6) is 0.835. The summed E-state index contributed by atoms with van der Waals surface area (Å²) >= 11 is 0. The summed E-state index contributed by atoms with van der Waals surface area (Å²) in [4.78, 5) is 2.16. The van der Waals surface area contributed by atoms with Gasteiger partial charge in [-0.25, -0.2) is 0 Å². The van der Waals surface area contributed by atoms with Crippen molar-refractivity contribution in [3.8, 4) is 5.75 Å². The molecule has 0 saturated carbocycles. The van der Waals surface area contributed by atoms with Gasteiger partial charge >= 0.3 is 0 Å². The average Bonchev–Trinajstić information content (AvgIpc) is 2.47. The van der Waals surface area contributed by atoms with Gasteiger partial charge in [0.1, 0.15) is 11.9 Å². The molecule has 2 aromatic carbocycles. The Morgan fingerprint density at radius 2 is 1.55 bits per heavy atom. The first-order chi connectivity index (χ1) is 9.58. The van der Waals surface area contributed by atoms with E-state index in [9.17, 15) is 0 Å². The lowest BCUT2D eigenvalue weighted by Crippen LogP contribution is -2.34. The quantitative estimate of drug-likeness (QED) is 0.847. The van der Waals surface area contributed by atoms with Crippen LogP contribution in [0.5, 0.6) is 5.75 Å². The molecule has 0 heterocycles. The third kappa shape index (κ3) is 3.52. The number of benzene rings is 2. The molecule has 0 aliphatic heterocycles. The van der Waals surface area contributed by atoms with Gasteiger partial charge in [-0.05, 0) is 50.8 Å². The Kier molecular flexibility index (Phi) is 4.64. The summed E-state index contributed by atoms with van der Waals surface area (Å²) in [7, 11) is 4.12. The topological polar surface area (TPSA) is 38.5 Å². The summed E-state index contributed by atoms with van der Waals surface area (Å²) < 4.78 is 6.18. The van der Waals surface area contributed by atoms with Crippen molar-refractivity contribution in [1.29, 1.82) is 0 Å². The van der Waals surface area contributed by atoms with Gasteiger partial charge in [0.05, 0.1) is 0 Å². The molecule has 2 N–H and O–H groups in total. The molecule has 0 spiro atoms. The fourth-order valence-electron chi connectivity index (χ4n) is 2.05. The van der Waals surface area contributed by atoms with E-state index < -0.39 is 0 Å². The SMILES string of the molecule is C[C@@H]([C@H](Oc1ccc(N)cc1)c1ccccc1)N(C)C. The monoisotopic (exact) mass is 270 g/mol. The van der Waals surface area contributed by atoms with Crippen molar-refractivity contribution in [2.75, 3.05) is 19.8 Å². The van der Waals surface area contributed by atoms with Crippen LogP contribution in [-0.2, 0) is 0 Å². The number of hydrogen-bond acceptors (Lipinski definition) is 3. The van der Waals surface area contributed by atoms with E-state index in [1.165, 1.54) is 5.56 Å². The molecule has 106 valence electrons. The third-order valence-corrected chi connectivity index (χ3v) is 3.52. The number of ether oxygens (including phenoxy) is 1. The van der Waals surface area contributed by atoms with E-state index in [4.69, 9.17) is 10.5 Å². The number of nitrogen functional groups attached to an aromatic ring is 1. The Bertz CT molecular complexity index is 522. The molecule has 0 saturated heterocycles. The highest BCUT2D eigenvalue weighted by Crippen LogP contribution is 2.27. The van der Waals surface area contributed by atoms with Gasteiger partial charge in [-0.3, -0.25) is 0 Å². The molecule has 20 heavy (non-hydrogen) atoms. The smallest absolute Gasteiger partial charge is 0.139 e. The molecule has 0 unspecified atom stereocenters. The van der Waals surface area contributed by atoms with Gasteiger partial charge in [-0.15, -0.1) is 0 Å². The maximum Gasteiger partial charge on any atom is 0.139 e. The summed E-state index contributed by atoms with van der Waals surface area (Å²) in [6.07, 6.45) is -0.0187. The lowest BCUT2D eigenvalue weighted by atomic mass is 10.0. The van der Waals surface area contributed by atoms with Crippen LogP contribution in [0.3, 0.4) is 0 Å². The highest BCUT2D eigenvalue weighted by molar-refractivity contribution is 5.41. The number of rotatable bonds is 5. The molecule has 2 atom stereocenters. The number of likely N-dealkylation sites (N-methyl/N-ethyl adjacent to an activating group) is 1. The maximum atomic E-state index is 6.18. The molecule has 0 bridgehead atoms. The second-order valence-corrected chi connectivity index (χ2v) is 5.22. The third-order valence-electron chi connectivity index (χ3n) is 3.52. The summed E-state index contributed by atoms with van der Waals surface area (Å²) in [5.41, 5.74) is 7.63. The maximum absolute atomic E-state index is 6.18. The van der Waals surface area contributed by atoms with Crippen molar-refractivity contribution < 1.29 is 4.74 Å². The first-order valence-electron chi connectivity index (χ1n) is 6.81. The van der Waals surface area contributed by atoms with Crippen LogP contribution in [0.2, 0.25) is 0 Å². The summed E-state index contributed by atoms with van der Waals surface area (Å²) in [5, 5.41) is 0. The van der Waals surface area contributed by atoms with Crippen LogP contribution in [0.25, 0.3) is 0 Å². The number of nitrogens with two attached hydrogens (primary N) is 1. The van der Waals surface area contributed by atoms with Crippen molar-refractivity contribution in [3.05, 3.63) is 60.2 Å². The Balaban J connectivity index is 2.25. The van der Waals surface area contributed by atoms with Gasteiger partial charge in [0.25, 0.3) is 0 Å². The second-order valence-electron chi connectivity index (χ2n) is 5.22. The summed E-state index contributed by atoms with van der Waals surface area (Å²) in [6, 6.07) is 18.1. The zero-order valence-corrected chi connectivity index (χ0v) is 12.3. The highest BCUT2D eigenvalue weighted by atomic mass is 16.5. The van der Waals surface area contributed by atoms with Gasteiger partial charge in [0, 0.05) is 11.7 Å². The molecule has 0 radical (unpaired) electrons. The first kappa shape index (κ1) is 14.4. The van der Waals surface area contributed by atoms with Crippen molar-refractivity contribution in [1.82, 2.24) is 4.90 Å². The molecule has 0 amide bonds. The van der Waals surface area contributed by atoms with E-state index >= 15 is 0 Å². The minimum absolute atomic E-state index is 0.0187. The van der Waals surface area contributed by atoms with Crippen molar-refractivity contribution >= 4 is 5.69 Å². The number of nitrogens with zero attached hydrogens (tertiary/aromatic N) is 1. The average molecular weight is 270 g/mol. The van der Waals surface area contributed by atoms with E-state index in [1.807, 2.05) is 42.5 Å². The van der Waals surface area contributed by atoms with Crippen LogP contribution >= 0.6 is 0 Å². The molecule has 2 rings (SSSR count). The predicted octanol–water partition coefficient (Wildman–Crippen LogP) is 3.34. The standard InChI is InChI=1S/C17H22N2O/c1-13(19(2)3)17(14-7-5-4-6-8-14)20-16-11-9-15(18)10-12-16/h4-13,17H,18H2,1-3H3/t13-,17-/m0/s1. The zero-order valence-electron chi connectivity index (χ0n) is 12.3. The highest BCUT2D eigenvalue weighted by Gasteiger charge is 2.22. The van der Waals surface area contributed by atoms with Gasteiger partial charge in [-0.2, -0.15) is 0 Å². The fourth-order valence-corrected chi connectivity index (χ4v) is 2.05. The van der Waals surface area contributed by atoms with Crippen LogP contribution in [0.15, 0.2) is 54.6 Å². The van der Waals surface area contributed by atoms with Crippen LogP contribution in [-0.4, -0.2) is 25.0 Å². The molecule has 0 aliphatic carbocycles. The van der Waals surface area contributed by atoms with Crippen molar-refractivity contribution in [2.24, 2.45) is 0 Å². The lowest BCUT2D eigenvalue weighted by molar-refractivity contribution is 0.107. The summed E-state index contributed by atoms with van der Waals surface area (Å²) in [6.45, 7) is 2.16. The normalized spacial score (nSPS) is 14.0. The fraction of sp³-hybridized carbons (Fsp3) is 0.294. The second kappa shape index (κ2) is 6.44. The van der Waals surface area contributed by atoms with E-state index in [-0.39, 0.29) is 12.1 Å². The van der Waals surface area contributed by atoms with Crippen molar-refractivity contribution in [3.63, 3.8) is 0 Å². The van der Waals surface area contributed by atoms with E-state index in [0.29, 0.717) is 0 Å². The minimum atomic E-state index is -0.0187. The number of anilines is 1. The predicted molar refractivity (Wildman–Crippen MR) is 83.8 cm³/mol. The van der Waals surface area contributed by atoms with Crippen LogP contribution in [0, 0.1) is 0 Å². The van der Waals surface area contributed by atoms with Crippen LogP contribution in [0.1, 0.15) is 18.6 Å². The Hall–Kier alpha value is -2.00. The van der Waals surface area contributed by atoms with Crippen LogP contribution < -0.4 is 10.5 Å². The molecule has 0 aromatic heterocycles. The molecule has 0 aliphatic rings. The van der Waals surface area contributed by atoms with Gasteiger partial charge in [0.15, 0.2) is 0 Å². The first-order valence-corrected chi connectivity index (χ1v) is 6.81. The van der Waals surface area contributed by atoms with E-state index in [1.54, 1.807) is 0 Å². The van der Waals surface area contributed by atoms with E-state index in [2.05, 4.69) is 38.1 Å².